The highest BCUT2D eigenvalue weighted by atomic mass is 32.1. The molecule has 0 radical (unpaired) electrons. The summed E-state index contributed by atoms with van der Waals surface area (Å²) < 4.78 is 5.19. The number of rotatable bonds is 5. The van der Waals surface area contributed by atoms with E-state index in [9.17, 15) is 4.79 Å². The van der Waals surface area contributed by atoms with Crippen molar-refractivity contribution >= 4 is 29.4 Å². The van der Waals surface area contributed by atoms with Gasteiger partial charge in [0.2, 0.25) is 0 Å². The minimum absolute atomic E-state index is 0.170. The topological polar surface area (TPSA) is 120 Å². The number of aromatic nitrogens is 3. The highest BCUT2D eigenvalue weighted by molar-refractivity contribution is 7.13. The number of benzene rings is 1. The number of anilines is 1. The normalized spacial score (nSPS) is 13.4. The molecule has 0 spiro atoms. The molecular formula is C20H23N5O4S. The number of aromatic amines is 1. The van der Waals surface area contributed by atoms with E-state index in [4.69, 9.17) is 14.6 Å². The van der Waals surface area contributed by atoms with Crippen LogP contribution in [0.25, 0.3) is 0 Å². The fourth-order valence-corrected chi connectivity index (χ4v) is 4.16. The quantitative estimate of drug-likeness (QED) is 0.533. The third-order valence-electron chi connectivity index (χ3n) is 4.58. The Hall–Kier alpha value is -3.24. The minimum Gasteiger partial charge on any atom is -0.497 e. The minimum atomic E-state index is -0.250. The first-order valence-electron chi connectivity index (χ1n) is 9.34. The van der Waals surface area contributed by atoms with Crippen LogP contribution < -0.4 is 10.1 Å². The molecule has 0 bridgehead atoms. The van der Waals surface area contributed by atoms with Crippen molar-refractivity contribution in [2.45, 2.75) is 19.4 Å². The second kappa shape index (κ2) is 10.5. The number of carbonyl (C=O) groups is 2. The predicted octanol–water partition coefficient (Wildman–Crippen LogP) is 2.43. The molecule has 1 amide bonds. The lowest BCUT2D eigenvalue weighted by Crippen LogP contribution is -2.25. The third-order valence-corrected chi connectivity index (χ3v) is 5.74. The lowest BCUT2D eigenvalue weighted by Gasteiger charge is -2.18. The third kappa shape index (κ3) is 5.65. The zero-order valence-corrected chi connectivity index (χ0v) is 17.3. The SMILES string of the molecule is COc1cccc(NC(=O)c2nc3c(s2)CCN(Cc2cn[nH]c2)CC3)c1.O=CO. The summed E-state index contributed by atoms with van der Waals surface area (Å²) in [7, 11) is 1.61. The van der Waals surface area contributed by atoms with Crippen molar-refractivity contribution < 1.29 is 19.4 Å². The first kappa shape index (κ1) is 21.5. The Bertz CT molecular complexity index is 948. The van der Waals surface area contributed by atoms with E-state index in [1.807, 2.05) is 30.6 Å². The molecule has 0 fully saturated rings. The number of amides is 1. The highest BCUT2D eigenvalue weighted by Crippen LogP contribution is 2.25. The number of carbonyl (C=O) groups excluding carboxylic acids is 1. The molecule has 10 heteroatoms. The van der Waals surface area contributed by atoms with E-state index in [1.54, 1.807) is 13.2 Å². The standard InChI is InChI=1S/C19H21N5O2S.CH2O2/c1-26-15-4-2-3-14(9-15)22-18(25)19-23-16-5-7-24(8-6-17(16)27-19)12-13-10-20-21-11-13;2-1-3/h2-4,9-11H,5-8,12H2,1H3,(H,20,21)(H,22,25);1H,(H,2,3). The van der Waals surface area contributed by atoms with Crippen LogP contribution in [0.1, 0.15) is 25.9 Å². The fourth-order valence-electron chi connectivity index (χ4n) is 3.17. The Labute approximate surface area is 177 Å². The zero-order valence-electron chi connectivity index (χ0n) is 16.5. The number of nitrogens with zero attached hydrogens (tertiary/aromatic N) is 3. The summed E-state index contributed by atoms with van der Waals surface area (Å²) in [4.78, 5) is 29.1. The van der Waals surface area contributed by atoms with Gasteiger partial charge in [-0.25, -0.2) is 4.98 Å². The van der Waals surface area contributed by atoms with E-state index >= 15 is 0 Å². The van der Waals surface area contributed by atoms with Gasteiger partial charge in [-0.05, 0) is 18.6 Å². The lowest BCUT2D eigenvalue weighted by atomic mass is 10.2. The van der Waals surface area contributed by atoms with Gasteiger partial charge < -0.3 is 15.2 Å². The molecule has 1 aliphatic heterocycles. The van der Waals surface area contributed by atoms with E-state index in [-0.39, 0.29) is 12.4 Å². The van der Waals surface area contributed by atoms with Crippen LogP contribution in [0, 0.1) is 0 Å². The molecule has 158 valence electrons. The molecule has 0 unspecified atom stereocenters. The number of ether oxygens (including phenoxy) is 1. The van der Waals surface area contributed by atoms with Gasteiger partial charge in [-0.2, -0.15) is 5.10 Å². The van der Waals surface area contributed by atoms with Gasteiger partial charge in [-0.15, -0.1) is 11.3 Å². The molecule has 3 N–H and O–H groups in total. The molecule has 1 aliphatic rings. The van der Waals surface area contributed by atoms with Gasteiger partial charge in [0.1, 0.15) is 5.75 Å². The first-order chi connectivity index (χ1) is 14.6. The summed E-state index contributed by atoms with van der Waals surface area (Å²) in [6, 6.07) is 7.33. The maximum Gasteiger partial charge on any atom is 0.290 e. The van der Waals surface area contributed by atoms with Gasteiger partial charge >= 0.3 is 0 Å². The van der Waals surface area contributed by atoms with Crippen LogP contribution >= 0.6 is 11.3 Å². The molecule has 9 nitrogen and oxygen atoms in total. The number of thiazole rings is 1. The van der Waals surface area contributed by atoms with Gasteiger partial charge in [0.15, 0.2) is 5.01 Å². The molecular weight excluding hydrogens is 406 g/mol. The van der Waals surface area contributed by atoms with Crippen LogP contribution in [0.3, 0.4) is 0 Å². The number of fused-ring (bicyclic) bond motifs is 1. The molecule has 0 saturated heterocycles. The Morgan fingerprint density at radius 1 is 1.40 bits per heavy atom. The van der Waals surface area contributed by atoms with E-state index in [1.165, 1.54) is 21.8 Å². The molecule has 3 aromatic rings. The van der Waals surface area contributed by atoms with Crippen molar-refractivity contribution in [2.24, 2.45) is 0 Å². The van der Waals surface area contributed by atoms with Gasteiger partial charge in [0, 0.05) is 54.4 Å². The largest absolute Gasteiger partial charge is 0.497 e. The Balaban J connectivity index is 0.000000806. The van der Waals surface area contributed by atoms with Crippen LogP contribution in [-0.2, 0) is 24.2 Å². The maximum atomic E-state index is 12.6. The molecule has 30 heavy (non-hydrogen) atoms. The smallest absolute Gasteiger partial charge is 0.290 e. The second-order valence-corrected chi connectivity index (χ2v) is 7.65. The van der Waals surface area contributed by atoms with Gasteiger partial charge in [0.25, 0.3) is 12.4 Å². The lowest BCUT2D eigenvalue weighted by molar-refractivity contribution is -0.122. The van der Waals surface area contributed by atoms with Crippen molar-refractivity contribution in [1.29, 1.82) is 0 Å². The summed E-state index contributed by atoms with van der Waals surface area (Å²) in [5.41, 5.74) is 2.94. The van der Waals surface area contributed by atoms with Crippen LogP contribution in [0.5, 0.6) is 5.75 Å². The summed E-state index contributed by atoms with van der Waals surface area (Å²) in [5, 5.41) is 17.2. The van der Waals surface area contributed by atoms with Crippen LogP contribution in [0.4, 0.5) is 5.69 Å². The first-order valence-corrected chi connectivity index (χ1v) is 10.2. The number of hydrogen-bond donors (Lipinski definition) is 3. The molecule has 2 aromatic heterocycles. The number of hydrogen-bond acceptors (Lipinski definition) is 7. The predicted molar refractivity (Wildman–Crippen MR) is 113 cm³/mol. The number of H-pyrrole nitrogens is 1. The second-order valence-electron chi connectivity index (χ2n) is 6.56. The van der Waals surface area contributed by atoms with E-state index in [0.717, 1.165) is 38.2 Å². The van der Waals surface area contributed by atoms with Crippen molar-refractivity contribution in [2.75, 3.05) is 25.5 Å². The molecule has 4 rings (SSSR count). The summed E-state index contributed by atoms with van der Waals surface area (Å²) in [6.45, 7) is 2.52. The Morgan fingerprint density at radius 3 is 2.93 bits per heavy atom. The average molecular weight is 430 g/mol. The van der Waals surface area contributed by atoms with Crippen LogP contribution in [0.2, 0.25) is 0 Å². The zero-order chi connectivity index (χ0) is 21.3. The summed E-state index contributed by atoms with van der Waals surface area (Å²) >= 11 is 1.50. The maximum absolute atomic E-state index is 12.6. The monoisotopic (exact) mass is 429 g/mol. The highest BCUT2D eigenvalue weighted by Gasteiger charge is 2.21. The molecule has 0 aliphatic carbocycles. The Morgan fingerprint density at radius 2 is 2.20 bits per heavy atom. The van der Waals surface area contributed by atoms with Gasteiger partial charge in [-0.1, -0.05) is 6.07 Å². The van der Waals surface area contributed by atoms with Crippen molar-refractivity contribution in [3.8, 4) is 5.75 Å². The van der Waals surface area contributed by atoms with E-state index < -0.39 is 0 Å². The number of carboxylic acid groups (broad SMARTS) is 1. The molecule has 1 aromatic carbocycles. The summed E-state index contributed by atoms with van der Waals surface area (Å²) in [6.07, 6.45) is 5.56. The van der Waals surface area contributed by atoms with Crippen molar-refractivity contribution in [3.05, 3.63) is 57.8 Å². The molecule has 0 saturated carbocycles. The van der Waals surface area contributed by atoms with E-state index in [0.29, 0.717) is 16.4 Å². The van der Waals surface area contributed by atoms with Crippen LogP contribution in [0.15, 0.2) is 36.7 Å². The number of nitrogens with one attached hydrogen (secondary N) is 2. The van der Waals surface area contributed by atoms with Crippen LogP contribution in [-0.4, -0.2) is 57.8 Å². The van der Waals surface area contributed by atoms with Crippen molar-refractivity contribution in [3.63, 3.8) is 0 Å². The van der Waals surface area contributed by atoms with Crippen molar-refractivity contribution in [1.82, 2.24) is 20.1 Å². The van der Waals surface area contributed by atoms with Gasteiger partial charge in [-0.3, -0.25) is 19.6 Å². The Kier molecular flexibility index (Phi) is 7.52. The fraction of sp³-hybridized carbons (Fsp3) is 0.300. The van der Waals surface area contributed by atoms with E-state index in [2.05, 4.69) is 25.4 Å². The molecule has 3 heterocycles. The van der Waals surface area contributed by atoms with Gasteiger partial charge in [0.05, 0.1) is 19.0 Å². The number of methoxy groups -OCH3 is 1. The summed E-state index contributed by atoms with van der Waals surface area (Å²) in [5.74, 6) is 0.539. The molecule has 0 atom stereocenters. The average Bonchev–Trinajstić information content (AvgIpc) is 3.37.